The third-order valence-electron chi connectivity index (χ3n) is 4.59. The Morgan fingerprint density at radius 2 is 1.71 bits per heavy atom. The normalized spacial score (nSPS) is 21.9. The number of allylic oxidation sites excluding steroid dienone is 3. The van der Waals surface area contributed by atoms with Crippen LogP contribution in [0.4, 0.5) is 0 Å². The number of methoxy groups -OCH3 is 2. The van der Waals surface area contributed by atoms with Crippen LogP contribution in [0.25, 0.3) is 11.1 Å². The number of aliphatic hydroxyl groups is 1. The van der Waals surface area contributed by atoms with E-state index in [4.69, 9.17) is 9.47 Å². The van der Waals surface area contributed by atoms with Crippen molar-refractivity contribution in [3.63, 3.8) is 0 Å². The second-order valence-electron chi connectivity index (χ2n) is 5.93. The Hall–Kier alpha value is -2.72. The summed E-state index contributed by atoms with van der Waals surface area (Å²) in [6.45, 7) is 0. The molecule has 0 spiro atoms. The maximum atomic E-state index is 10.5. The molecule has 4 rings (SSSR count). The van der Waals surface area contributed by atoms with Gasteiger partial charge < -0.3 is 19.1 Å². The van der Waals surface area contributed by atoms with Gasteiger partial charge in [-0.05, 0) is 41.0 Å². The molecule has 1 aromatic heterocycles. The van der Waals surface area contributed by atoms with E-state index in [1.54, 1.807) is 14.2 Å². The fraction of sp³-hybridized carbons (Fsp3) is 0.200. The molecule has 0 saturated heterocycles. The molecule has 0 saturated carbocycles. The zero-order chi connectivity index (χ0) is 16.7. The van der Waals surface area contributed by atoms with Crippen LogP contribution in [0.2, 0.25) is 0 Å². The minimum atomic E-state index is -0.685. The van der Waals surface area contributed by atoms with Crippen molar-refractivity contribution in [2.24, 2.45) is 0 Å². The van der Waals surface area contributed by atoms with Crippen molar-refractivity contribution in [2.75, 3.05) is 14.2 Å². The molecular weight excluding hydrogens is 302 g/mol. The van der Waals surface area contributed by atoms with Crippen molar-refractivity contribution in [3.8, 4) is 11.1 Å². The molecule has 0 radical (unpaired) electrons. The van der Waals surface area contributed by atoms with Crippen LogP contribution in [-0.4, -0.2) is 23.9 Å². The smallest absolute Gasteiger partial charge is 0.160 e. The maximum absolute atomic E-state index is 10.5. The van der Waals surface area contributed by atoms with Gasteiger partial charge in [0.2, 0.25) is 0 Å². The van der Waals surface area contributed by atoms with Crippen molar-refractivity contribution >= 4 is 0 Å². The maximum Gasteiger partial charge on any atom is 0.160 e. The number of hydrogen-bond acceptors (Lipinski definition) is 3. The first-order valence-corrected chi connectivity index (χ1v) is 7.90. The number of fused-ring (bicyclic) bond motifs is 3. The molecule has 2 unspecified atom stereocenters. The van der Waals surface area contributed by atoms with E-state index >= 15 is 0 Å². The molecule has 2 aliphatic rings. The first-order chi connectivity index (χ1) is 11.7. The number of nitrogens with zero attached hydrogens (tertiary/aromatic N) is 1. The highest BCUT2D eigenvalue weighted by atomic mass is 16.5. The highest BCUT2D eigenvalue weighted by Gasteiger charge is 2.30. The lowest BCUT2D eigenvalue weighted by Gasteiger charge is -2.29. The number of benzene rings is 1. The van der Waals surface area contributed by atoms with E-state index in [2.05, 4.69) is 18.2 Å². The molecule has 1 aliphatic heterocycles. The zero-order valence-electron chi connectivity index (χ0n) is 13.6. The van der Waals surface area contributed by atoms with Gasteiger partial charge in [0.15, 0.2) is 11.5 Å². The molecule has 0 fully saturated rings. The van der Waals surface area contributed by atoms with Crippen LogP contribution in [0, 0.1) is 0 Å². The van der Waals surface area contributed by atoms with E-state index in [-0.39, 0.29) is 5.92 Å². The Morgan fingerprint density at radius 1 is 0.958 bits per heavy atom. The van der Waals surface area contributed by atoms with Gasteiger partial charge >= 0.3 is 0 Å². The quantitative estimate of drug-likeness (QED) is 0.936. The minimum absolute atomic E-state index is 0.0414. The predicted octanol–water partition coefficient (Wildman–Crippen LogP) is 3.74. The Morgan fingerprint density at radius 3 is 2.42 bits per heavy atom. The molecule has 0 bridgehead atoms. The molecule has 2 aromatic rings. The second-order valence-corrected chi connectivity index (χ2v) is 5.93. The molecular formula is C20H19NO3. The fourth-order valence-electron chi connectivity index (χ4n) is 3.39. The Bertz CT molecular complexity index is 858. The number of aliphatic hydroxyl groups excluding tert-OH is 1. The molecule has 1 aromatic carbocycles. The molecule has 4 nitrogen and oxygen atoms in total. The summed E-state index contributed by atoms with van der Waals surface area (Å²) in [5.74, 6) is 1.43. The Balaban J connectivity index is 1.81. The summed E-state index contributed by atoms with van der Waals surface area (Å²) < 4.78 is 12.7. The number of hydrogen-bond donors (Lipinski definition) is 1. The van der Waals surface area contributed by atoms with Gasteiger partial charge in [-0.25, -0.2) is 0 Å². The van der Waals surface area contributed by atoms with Crippen molar-refractivity contribution in [2.45, 2.75) is 12.1 Å². The summed E-state index contributed by atoms with van der Waals surface area (Å²) >= 11 is 0. The van der Waals surface area contributed by atoms with E-state index in [1.165, 1.54) is 0 Å². The average Bonchev–Trinajstić information content (AvgIpc) is 3.08. The van der Waals surface area contributed by atoms with Crippen LogP contribution in [-0.2, 0) is 9.47 Å². The molecule has 1 aliphatic carbocycles. The first-order valence-electron chi connectivity index (χ1n) is 7.90. The molecule has 0 amide bonds. The standard InChI is InChI=1S/C20H19NO3/c1-23-18-9-14-10-20(22)21-12-15(13-6-4-3-5-7-13)8-17(21)16(14)11-19(18)24-2/h3-12,16,20,22H,1-2H3. The lowest BCUT2D eigenvalue weighted by atomic mass is 9.87. The molecule has 2 atom stereocenters. The highest BCUT2D eigenvalue weighted by Crippen LogP contribution is 2.42. The lowest BCUT2D eigenvalue weighted by molar-refractivity contribution is 0.145. The monoisotopic (exact) mass is 321 g/mol. The van der Waals surface area contributed by atoms with Crippen LogP contribution < -0.4 is 0 Å². The van der Waals surface area contributed by atoms with E-state index < -0.39 is 6.23 Å². The summed E-state index contributed by atoms with van der Waals surface area (Å²) in [5.41, 5.74) is 4.28. The zero-order valence-corrected chi connectivity index (χ0v) is 13.6. The Kier molecular flexibility index (Phi) is 3.54. The van der Waals surface area contributed by atoms with E-state index in [1.807, 2.05) is 47.2 Å². The van der Waals surface area contributed by atoms with Gasteiger partial charge in [-0.15, -0.1) is 0 Å². The van der Waals surface area contributed by atoms with Gasteiger partial charge in [0.25, 0.3) is 0 Å². The van der Waals surface area contributed by atoms with Gasteiger partial charge in [0, 0.05) is 17.8 Å². The Labute approximate surface area is 140 Å². The lowest BCUT2D eigenvalue weighted by Crippen LogP contribution is -2.20. The van der Waals surface area contributed by atoms with E-state index in [0.717, 1.165) is 22.4 Å². The molecule has 1 N–H and O–H groups in total. The van der Waals surface area contributed by atoms with Crippen molar-refractivity contribution < 1.29 is 14.6 Å². The third kappa shape index (κ3) is 2.27. The van der Waals surface area contributed by atoms with Gasteiger partial charge in [-0.2, -0.15) is 0 Å². The molecule has 4 heteroatoms. The first kappa shape index (κ1) is 14.8. The topological polar surface area (TPSA) is 43.6 Å². The van der Waals surface area contributed by atoms with Crippen LogP contribution in [0.5, 0.6) is 0 Å². The average molecular weight is 321 g/mol. The minimum Gasteiger partial charge on any atom is -0.493 e. The van der Waals surface area contributed by atoms with E-state index in [9.17, 15) is 5.11 Å². The number of ether oxygens (including phenoxy) is 2. The summed E-state index contributed by atoms with van der Waals surface area (Å²) in [6.07, 6.45) is 7.14. The van der Waals surface area contributed by atoms with Crippen molar-refractivity contribution in [1.82, 2.24) is 4.57 Å². The van der Waals surface area contributed by atoms with Gasteiger partial charge in [0.1, 0.15) is 6.23 Å². The molecule has 122 valence electrons. The van der Waals surface area contributed by atoms with Crippen LogP contribution in [0.1, 0.15) is 17.8 Å². The summed E-state index contributed by atoms with van der Waals surface area (Å²) in [6, 6.07) is 12.3. The number of rotatable bonds is 3. The largest absolute Gasteiger partial charge is 0.493 e. The molecule has 24 heavy (non-hydrogen) atoms. The van der Waals surface area contributed by atoms with Crippen molar-refractivity contribution in [3.05, 3.63) is 83.6 Å². The summed E-state index contributed by atoms with van der Waals surface area (Å²) in [7, 11) is 3.26. The van der Waals surface area contributed by atoms with Crippen LogP contribution >= 0.6 is 0 Å². The van der Waals surface area contributed by atoms with Gasteiger partial charge in [-0.3, -0.25) is 0 Å². The number of aromatic nitrogens is 1. The third-order valence-corrected chi connectivity index (χ3v) is 4.59. The molecule has 2 heterocycles. The van der Waals surface area contributed by atoms with Gasteiger partial charge in [0.05, 0.1) is 14.2 Å². The predicted molar refractivity (Wildman–Crippen MR) is 92.1 cm³/mol. The second kappa shape index (κ2) is 5.73. The fourth-order valence-corrected chi connectivity index (χ4v) is 3.39. The highest BCUT2D eigenvalue weighted by molar-refractivity contribution is 5.65. The van der Waals surface area contributed by atoms with Crippen LogP contribution in [0.3, 0.4) is 0 Å². The SMILES string of the molecule is COC1=CC2=CC(O)n3cc(-c4ccccc4)cc3C2C=C1OC. The summed E-state index contributed by atoms with van der Waals surface area (Å²) in [4.78, 5) is 0. The van der Waals surface area contributed by atoms with Crippen molar-refractivity contribution in [1.29, 1.82) is 0 Å². The van der Waals surface area contributed by atoms with Crippen LogP contribution in [0.15, 0.2) is 77.9 Å². The summed E-state index contributed by atoms with van der Waals surface area (Å²) in [5, 5.41) is 10.5. The van der Waals surface area contributed by atoms with E-state index in [0.29, 0.717) is 11.5 Å². The van der Waals surface area contributed by atoms with Gasteiger partial charge in [-0.1, -0.05) is 30.3 Å².